The molecule has 2 aliphatic heterocycles. The van der Waals surface area contributed by atoms with Crippen LogP contribution in [-0.2, 0) is 9.47 Å². The van der Waals surface area contributed by atoms with Gasteiger partial charge < -0.3 is 20.1 Å². The van der Waals surface area contributed by atoms with E-state index in [0.717, 1.165) is 57.9 Å². The number of benzene rings is 1. The maximum Gasteiger partial charge on any atom is 0.166 e. The van der Waals surface area contributed by atoms with E-state index >= 15 is 0 Å². The molecule has 1 aromatic carbocycles. The van der Waals surface area contributed by atoms with Crippen LogP contribution >= 0.6 is 12.2 Å². The van der Waals surface area contributed by atoms with Crippen LogP contribution in [0.25, 0.3) is 0 Å². The Labute approximate surface area is 153 Å². The largest absolute Gasteiger partial charge is 0.379 e. The van der Waals surface area contributed by atoms with E-state index in [-0.39, 0.29) is 18.0 Å². The van der Waals surface area contributed by atoms with Crippen LogP contribution in [0.5, 0.6) is 0 Å². The zero-order chi connectivity index (χ0) is 17.5. The van der Waals surface area contributed by atoms with Gasteiger partial charge in [0.15, 0.2) is 5.11 Å². The summed E-state index contributed by atoms with van der Waals surface area (Å²) in [5, 5.41) is 7.18. The smallest absolute Gasteiger partial charge is 0.166 e. The minimum Gasteiger partial charge on any atom is -0.379 e. The first kappa shape index (κ1) is 18.5. The van der Waals surface area contributed by atoms with Crippen molar-refractivity contribution < 1.29 is 13.9 Å². The lowest BCUT2D eigenvalue weighted by atomic mass is 10.0. The van der Waals surface area contributed by atoms with Gasteiger partial charge in [0.2, 0.25) is 0 Å². The van der Waals surface area contributed by atoms with Gasteiger partial charge in [0.05, 0.1) is 25.4 Å². The number of nitrogens with one attached hydrogen (secondary N) is 2. The molecule has 5 nitrogen and oxygen atoms in total. The number of thiocarbonyl (C=S) groups is 1. The summed E-state index contributed by atoms with van der Waals surface area (Å²) in [5.41, 5.74) is 1.08. The topological polar surface area (TPSA) is 45.8 Å². The fourth-order valence-corrected chi connectivity index (χ4v) is 3.46. The van der Waals surface area contributed by atoms with Crippen molar-refractivity contribution in [3.63, 3.8) is 0 Å². The molecule has 2 fully saturated rings. The number of hydrogen-bond donors (Lipinski definition) is 2. The van der Waals surface area contributed by atoms with Crippen molar-refractivity contribution in [2.45, 2.75) is 25.0 Å². The number of hydrogen-bond acceptors (Lipinski definition) is 4. The Bertz CT molecular complexity index is 546. The van der Waals surface area contributed by atoms with Gasteiger partial charge in [-0.2, -0.15) is 0 Å². The Balaban J connectivity index is 1.55. The molecular weight excluding hydrogens is 341 g/mol. The zero-order valence-electron chi connectivity index (χ0n) is 14.4. The molecule has 2 unspecified atom stereocenters. The van der Waals surface area contributed by atoms with E-state index in [1.807, 2.05) is 12.1 Å². The quantitative estimate of drug-likeness (QED) is 0.748. The second-order valence-electron chi connectivity index (χ2n) is 6.44. The Morgan fingerprint density at radius 1 is 1.20 bits per heavy atom. The fraction of sp³-hybridized carbons (Fsp3) is 0.611. The Kier molecular flexibility index (Phi) is 6.98. The van der Waals surface area contributed by atoms with E-state index < -0.39 is 0 Å². The summed E-state index contributed by atoms with van der Waals surface area (Å²) < 4.78 is 24.3. The molecule has 0 bridgehead atoms. The van der Waals surface area contributed by atoms with Crippen molar-refractivity contribution in [1.29, 1.82) is 0 Å². The van der Waals surface area contributed by atoms with E-state index in [1.165, 1.54) is 12.1 Å². The summed E-state index contributed by atoms with van der Waals surface area (Å²) in [5.74, 6) is -0.216. The van der Waals surface area contributed by atoms with Crippen LogP contribution in [0.4, 0.5) is 4.39 Å². The summed E-state index contributed by atoms with van der Waals surface area (Å²) in [4.78, 5) is 2.35. The number of ether oxygens (including phenoxy) is 2. The van der Waals surface area contributed by atoms with Gasteiger partial charge >= 0.3 is 0 Å². The van der Waals surface area contributed by atoms with Gasteiger partial charge in [0, 0.05) is 32.8 Å². The van der Waals surface area contributed by atoms with E-state index in [1.54, 1.807) is 0 Å². The highest BCUT2D eigenvalue weighted by molar-refractivity contribution is 7.80. The summed E-state index contributed by atoms with van der Waals surface area (Å²) >= 11 is 5.40. The average molecular weight is 367 g/mol. The molecule has 2 N–H and O–H groups in total. The highest BCUT2D eigenvalue weighted by Gasteiger charge is 2.23. The Hall–Kier alpha value is -1.28. The molecule has 2 aliphatic rings. The highest BCUT2D eigenvalue weighted by atomic mass is 32.1. The fourth-order valence-electron chi connectivity index (χ4n) is 3.30. The van der Waals surface area contributed by atoms with Crippen LogP contribution < -0.4 is 10.6 Å². The Morgan fingerprint density at radius 2 is 1.96 bits per heavy atom. The van der Waals surface area contributed by atoms with Gasteiger partial charge in [-0.05, 0) is 42.8 Å². The van der Waals surface area contributed by atoms with Gasteiger partial charge in [0.25, 0.3) is 0 Å². The highest BCUT2D eigenvalue weighted by Crippen LogP contribution is 2.21. The molecule has 2 heterocycles. The molecule has 3 rings (SSSR count). The average Bonchev–Trinajstić information content (AvgIpc) is 3.16. The van der Waals surface area contributed by atoms with Crippen molar-refractivity contribution in [3.05, 3.63) is 35.6 Å². The van der Waals surface area contributed by atoms with Crippen LogP contribution in [0.1, 0.15) is 24.4 Å². The van der Waals surface area contributed by atoms with Crippen molar-refractivity contribution in [2.75, 3.05) is 46.0 Å². The van der Waals surface area contributed by atoms with Gasteiger partial charge in [-0.25, -0.2) is 4.39 Å². The molecule has 7 heteroatoms. The van der Waals surface area contributed by atoms with E-state index in [2.05, 4.69) is 15.5 Å². The molecule has 0 spiro atoms. The van der Waals surface area contributed by atoms with E-state index in [9.17, 15) is 4.39 Å². The van der Waals surface area contributed by atoms with Crippen LogP contribution in [-0.4, -0.2) is 62.1 Å². The van der Waals surface area contributed by atoms with Gasteiger partial charge in [-0.1, -0.05) is 12.1 Å². The van der Waals surface area contributed by atoms with Crippen LogP contribution in [0.2, 0.25) is 0 Å². The third-order valence-electron chi connectivity index (χ3n) is 4.71. The predicted molar refractivity (Wildman–Crippen MR) is 99.1 cm³/mol. The number of morpholine rings is 1. The molecule has 25 heavy (non-hydrogen) atoms. The SMILES string of the molecule is Fc1ccc(C(CNC(=S)NCC2CCCO2)N2CCOCC2)cc1. The molecule has 2 saturated heterocycles. The summed E-state index contributed by atoms with van der Waals surface area (Å²) in [6.07, 6.45) is 2.46. The van der Waals surface area contributed by atoms with Crippen molar-refractivity contribution in [3.8, 4) is 0 Å². The molecule has 2 atom stereocenters. The van der Waals surface area contributed by atoms with Crippen LogP contribution in [0.15, 0.2) is 24.3 Å². The lowest BCUT2D eigenvalue weighted by Crippen LogP contribution is -2.46. The van der Waals surface area contributed by atoms with Crippen molar-refractivity contribution in [2.24, 2.45) is 0 Å². The summed E-state index contributed by atoms with van der Waals surface area (Å²) in [7, 11) is 0. The predicted octanol–water partition coefficient (Wildman–Crippen LogP) is 1.84. The lowest BCUT2D eigenvalue weighted by molar-refractivity contribution is 0.0170. The molecule has 0 aliphatic carbocycles. The van der Waals surface area contributed by atoms with Crippen molar-refractivity contribution >= 4 is 17.3 Å². The third-order valence-corrected chi connectivity index (χ3v) is 5.00. The lowest BCUT2D eigenvalue weighted by Gasteiger charge is -2.35. The molecule has 0 amide bonds. The standard InChI is InChI=1S/C18H26FN3O2S/c19-15-5-3-14(4-6-15)17(22-7-10-23-11-8-22)13-21-18(25)20-12-16-2-1-9-24-16/h3-6,16-17H,1-2,7-13H2,(H2,20,21,25). The van der Waals surface area contributed by atoms with Crippen LogP contribution in [0, 0.1) is 5.82 Å². The van der Waals surface area contributed by atoms with E-state index in [0.29, 0.717) is 11.7 Å². The number of halogens is 1. The summed E-state index contributed by atoms with van der Waals surface area (Å²) in [6.45, 7) is 5.42. The van der Waals surface area contributed by atoms with Gasteiger partial charge in [-0.3, -0.25) is 4.90 Å². The second-order valence-corrected chi connectivity index (χ2v) is 6.85. The van der Waals surface area contributed by atoms with Crippen LogP contribution in [0.3, 0.4) is 0 Å². The molecule has 0 saturated carbocycles. The summed E-state index contributed by atoms with van der Waals surface area (Å²) in [6, 6.07) is 6.85. The number of rotatable bonds is 6. The normalized spacial score (nSPS) is 22.5. The first-order valence-corrected chi connectivity index (χ1v) is 9.34. The van der Waals surface area contributed by atoms with Gasteiger partial charge in [0.1, 0.15) is 5.82 Å². The molecule has 0 aromatic heterocycles. The minimum absolute atomic E-state index is 0.131. The monoisotopic (exact) mass is 367 g/mol. The Morgan fingerprint density at radius 3 is 2.64 bits per heavy atom. The molecule has 0 radical (unpaired) electrons. The maximum atomic E-state index is 13.3. The maximum absolute atomic E-state index is 13.3. The molecule has 1 aromatic rings. The minimum atomic E-state index is -0.216. The zero-order valence-corrected chi connectivity index (χ0v) is 15.2. The van der Waals surface area contributed by atoms with Crippen molar-refractivity contribution in [1.82, 2.24) is 15.5 Å². The molecule has 138 valence electrons. The molecular formula is C18H26FN3O2S. The van der Waals surface area contributed by atoms with E-state index in [4.69, 9.17) is 21.7 Å². The number of nitrogens with zero attached hydrogens (tertiary/aromatic N) is 1. The van der Waals surface area contributed by atoms with Gasteiger partial charge in [-0.15, -0.1) is 0 Å². The third kappa shape index (κ3) is 5.60. The second kappa shape index (κ2) is 9.43. The first-order chi connectivity index (χ1) is 12.2. The first-order valence-electron chi connectivity index (χ1n) is 8.93.